The highest BCUT2D eigenvalue weighted by atomic mass is 19.4. The van der Waals surface area contributed by atoms with Crippen LogP contribution in [0.1, 0.15) is 12.0 Å². The summed E-state index contributed by atoms with van der Waals surface area (Å²) in [5, 5.41) is -0.0330. The van der Waals surface area contributed by atoms with Crippen LogP contribution in [0.25, 0.3) is 10.9 Å². The largest absolute Gasteiger partial charge is 0.416 e. The Balaban J connectivity index is 2.56. The molecule has 2 N–H and O–H groups in total. The number of halogens is 3. The summed E-state index contributed by atoms with van der Waals surface area (Å²) in [6.07, 6.45) is -2.59. The molecule has 0 saturated carbocycles. The van der Waals surface area contributed by atoms with Gasteiger partial charge in [0, 0.05) is 6.54 Å². The monoisotopic (exact) mass is 271 g/mol. The van der Waals surface area contributed by atoms with E-state index in [2.05, 4.69) is 4.98 Å². The molecule has 0 fully saturated rings. The molecule has 0 bridgehead atoms. The highest BCUT2D eigenvalue weighted by Crippen LogP contribution is 2.30. The molecule has 0 spiro atoms. The molecule has 102 valence electrons. The second kappa shape index (κ2) is 5.00. The minimum absolute atomic E-state index is 0.0330. The highest BCUT2D eigenvalue weighted by Gasteiger charge is 2.30. The van der Waals surface area contributed by atoms with Crippen LogP contribution in [0.5, 0.6) is 0 Å². The molecule has 0 unspecified atom stereocenters. The molecule has 4 nitrogen and oxygen atoms in total. The van der Waals surface area contributed by atoms with Crippen LogP contribution >= 0.6 is 0 Å². The third-order valence-corrected chi connectivity index (χ3v) is 2.75. The summed E-state index contributed by atoms with van der Waals surface area (Å²) in [6, 6.07) is 2.95. The molecule has 7 heteroatoms. The van der Waals surface area contributed by atoms with Gasteiger partial charge in [-0.25, -0.2) is 4.98 Å². The van der Waals surface area contributed by atoms with Crippen LogP contribution in [0.15, 0.2) is 29.3 Å². The van der Waals surface area contributed by atoms with Crippen LogP contribution in [0.2, 0.25) is 0 Å². The van der Waals surface area contributed by atoms with Crippen molar-refractivity contribution in [2.75, 3.05) is 6.54 Å². The van der Waals surface area contributed by atoms with Crippen molar-refractivity contribution in [3.8, 4) is 0 Å². The summed E-state index contributed by atoms with van der Waals surface area (Å²) in [5.41, 5.74) is 4.25. The van der Waals surface area contributed by atoms with Crippen molar-refractivity contribution >= 4 is 10.9 Å². The normalized spacial score (nSPS) is 12.0. The lowest BCUT2D eigenvalue weighted by Crippen LogP contribution is -2.22. The molecule has 0 saturated heterocycles. The fraction of sp³-hybridized carbons (Fsp3) is 0.333. The Kier molecular flexibility index (Phi) is 3.57. The standard InChI is InChI=1S/C12H12F3N3O/c13-12(14,15)8-2-3-10-9(6-8)11(19)18(7-17-10)5-1-4-16/h2-3,6-7H,1,4-5,16H2. The van der Waals surface area contributed by atoms with Crippen LogP contribution in [-0.4, -0.2) is 16.1 Å². The topological polar surface area (TPSA) is 60.9 Å². The molecule has 0 radical (unpaired) electrons. The van der Waals surface area contributed by atoms with E-state index in [0.717, 1.165) is 12.1 Å². The van der Waals surface area contributed by atoms with E-state index in [4.69, 9.17) is 5.73 Å². The Morgan fingerprint density at radius 1 is 1.32 bits per heavy atom. The number of nitrogens with zero attached hydrogens (tertiary/aromatic N) is 2. The second-order valence-corrected chi connectivity index (χ2v) is 4.12. The summed E-state index contributed by atoms with van der Waals surface area (Å²) in [4.78, 5) is 16.0. The third-order valence-electron chi connectivity index (χ3n) is 2.75. The fourth-order valence-corrected chi connectivity index (χ4v) is 1.76. The first-order valence-corrected chi connectivity index (χ1v) is 5.70. The van der Waals surface area contributed by atoms with Crippen molar-refractivity contribution in [1.82, 2.24) is 9.55 Å². The summed E-state index contributed by atoms with van der Waals surface area (Å²) < 4.78 is 39.1. The molecule has 0 aliphatic rings. The van der Waals surface area contributed by atoms with Crippen molar-refractivity contribution in [3.05, 3.63) is 40.4 Å². The number of fused-ring (bicyclic) bond motifs is 1. The van der Waals surface area contributed by atoms with Gasteiger partial charge in [-0.2, -0.15) is 13.2 Å². The number of rotatable bonds is 3. The van der Waals surface area contributed by atoms with Crippen LogP contribution in [0.4, 0.5) is 13.2 Å². The van der Waals surface area contributed by atoms with Crippen LogP contribution in [-0.2, 0) is 12.7 Å². The minimum Gasteiger partial charge on any atom is -0.330 e. The Morgan fingerprint density at radius 2 is 2.05 bits per heavy atom. The molecule has 0 atom stereocenters. The number of hydrogen-bond acceptors (Lipinski definition) is 3. The Hall–Kier alpha value is -1.89. The number of benzene rings is 1. The molecule has 0 amide bonds. The Bertz CT molecular complexity index is 649. The molecular formula is C12H12F3N3O. The van der Waals surface area contributed by atoms with Crippen molar-refractivity contribution in [2.45, 2.75) is 19.1 Å². The van der Waals surface area contributed by atoms with Crippen LogP contribution in [0, 0.1) is 0 Å². The molecule has 19 heavy (non-hydrogen) atoms. The van der Waals surface area contributed by atoms with Gasteiger partial charge in [0.15, 0.2) is 0 Å². The zero-order valence-corrected chi connectivity index (χ0v) is 9.94. The predicted octanol–water partition coefficient (Wildman–Crippen LogP) is 1.76. The maximum Gasteiger partial charge on any atom is 0.416 e. The van der Waals surface area contributed by atoms with Crippen molar-refractivity contribution in [2.24, 2.45) is 5.73 Å². The van der Waals surface area contributed by atoms with Gasteiger partial charge in [-0.05, 0) is 31.2 Å². The van der Waals surface area contributed by atoms with E-state index in [1.807, 2.05) is 0 Å². The minimum atomic E-state index is -4.47. The summed E-state index contributed by atoms with van der Waals surface area (Å²) in [6.45, 7) is 0.738. The maximum atomic E-state index is 12.6. The van der Waals surface area contributed by atoms with Crippen molar-refractivity contribution < 1.29 is 13.2 Å². The highest BCUT2D eigenvalue weighted by molar-refractivity contribution is 5.78. The molecule has 2 rings (SSSR count). The number of nitrogens with two attached hydrogens (primary N) is 1. The molecule has 0 aliphatic heterocycles. The first-order valence-electron chi connectivity index (χ1n) is 5.70. The smallest absolute Gasteiger partial charge is 0.330 e. The number of alkyl halides is 3. The van der Waals surface area contributed by atoms with E-state index in [9.17, 15) is 18.0 Å². The predicted molar refractivity (Wildman–Crippen MR) is 64.7 cm³/mol. The second-order valence-electron chi connectivity index (χ2n) is 4.12. The van der Waals surface area contributed by atoms with Gasteiger partial charge in [0.25, 0.3) is 5.56 Å². The molecular weight excluding hydrogens is 259 g/mol. The summed E-state index contributed by atoms with van der Waals surface area (Å²) >= 11 is 0. The lowest BCUT2D eigenvalue weighted by Gasteiger charge is -2.09. The van der Waals surface area contributed by atoms with E-state index in [1.165, 1.54) is 17.0 Å². The zero-order valence-electron chi connectivity index (χ0n) is 9.94. The van der Waals surface area contributed by atoms with Gasteiger partial charge in [0.2, 0.25) is 0 Å². The quantitative estimate of drug-likeness (QED) is 0.925. The van der Waals surface area contributed by atoms with Gasteiger partial charge < -0.3 is 5.73 Å². The Morgan fingerprint density at radius 3 is 2.68 bits per heavy atom. The van der Waals surface area contributed by atoms with Crippen molar-refractivity contribution in [1.29, 1.82) is 0 Å². The average Bonchev–Trinajstić information content (AvgIpc) is 2.37. The van der Waals surface area contributed by atoms with Gasteiger partial charge in [-0.15, -0.1) is 0 Å². The molecule has 2 aromatic rings. The van der Waals surface area contributed by atoms with Gasteiger partial charge in [0.1, 0.15) is 0 Å². The number of aromatic nitrogens is 2. The molecule has 0 aliphatic carbocycles. The zero-order chi connectivity index (χ0) is 14.0. The van der Waals surface area contributed by atoms with Gasteiger partial charge in [-0.3, -0.25) is 9.36 Å². The number of hydrogen-bond donors (Lipinski definition) is 1. The Labute approximate surface area is 106 Å². The van der Waals surface area contributed by atoms with Gasteiger partial charge >= 0.3 is 6.18 Å². The van der Waals surface area contributed by atoms with Crippen molar-refractivity contribution in [3.63, 3.8) is 0 Å². The number of aryl methyl sites for hydroxylation is 1. The third kappa shape index (κ3) is 2.76. The fourth-order valence-electron chi connectivity index (χ4n) is 1.76. The first-order chi connectivity index (χ1) is 8.93. The van der Waals surface area contributed by atoms with Gasteiger partial charge in [-0.1, -0.05) is 0 Å². The summed E-state index contributed by atoms with van der Waals surface area (Å²) in [5.74, 6) is 0. The summed E-state index contributed by atoms with van der Waals surface area (Å²) in [7, 11) is 0. The van der Waals surface area contributed by atoms with E-state index in [1.54, 1.807) is 0 Å². The van der Waals surface area contributed by atoms with E-state index in [0.29, 0.717) is 19.5 Å². The lowest BCUT2D eigenvalue weighted by molar-refractivity contribution is -0.137. The molecule has 1 aromatic carbocycles. The van der Waals surface area contributed by atoms with Crippen LogP contribution in [0.3, 0.4) is 0 Å². The first kappa shape index (κ1) is 13.5. The van der Waals surface area contributed by atoms with E-state index < -0.39 is 17.3 Å². The average molecular weight is 271 g/mol. The van der Waals surface area contributed by atoms with Gasteiger partial charge in [0.05, 0.1) is 22.8 Å². The lowest BCUT2D eigenvalue weighted by atomic mass is 10.1. The SMILES string of the molecule is NCCCn1cnc2ccc(C(F)(F)F)cc2c1=O. The molecule has 1 aromatic heterocycles. The van der Waals surface area contributed by atoms with Crippen LogP contribution < -0.4 is 11.3 Å². The van der Waals surface area contributed by atoms with E-state index >= 15 is 0 Å². The van der Waals surface area contributed by atoms with E-state index in [-0.39, 0.29) is 10.9 Å². The molecule has 1 heterocycles. The maximum absolute atomic E-state index is 12.6.